The Labute approximate surface area is 255 Å². The number of fused-ring (bicyclic) bond motifs is 5. The molecule has 1 aliphatic carbocycles. The molecule has 0 saturated carbocycles. The molecule has 0 spiro atoms. The van der Waals surface area contributed by atoms with E-state index in [2.05, 4.69) is 6.92 Å². The summed E-state index contributed by atoms with van der Waals surface area (Å²) in [5.41, 5.74) is -3.85. The van der Waals surface area contributed by atoms with Gasteiger partial charge in [-0.2, -0.15) is 0 Å². The van der Waals surface area contributed by atoms with E-state index in [0.29, 0.717) is 18.5 Å². The van der Waals surface area contributed by atoms with Crippen molar-refractivity contribution >= 4 is 27.2 Å². The van der Waals surface area contributed by atoms with Crippen LogP contribution in [0, 0.1) is 46.5 Å². The lowest BCUT2D eigenvalue weighted by Gasteiger charge is -2.33. The van der Waals surface area contributed by atoms with Gasteiger partial charge in [0.1, 0.15) is 0 Å². The summed E-state index contributed by atoms with van der Waals surface area (Å²) in [6, 6.07) is 14.8. The maximum Gasteiger partial charge on any atom is 0.198 e. The molecule has 6 rings (SSSR count). The Hall–Kier alpha value is -4.14. The number of halogens is 8. The minimum Gasteiger partial charge on any atom is -0.360 e. The SMILES string of the molecule is CCCCCCCCCN(c1ccc2cc3ccccc3cc2c1)C1c2c(F)c(F)c(F)c(F)c2-c2c(F)c(F)c(F)c(F)c21. The molecule has 0 amide bonds. The van der Waals surface area contributed by atoms with E-state index in [1.807, 2.05) is 36.4 Å². The van der Waals surface area contributed by atoms with Crippen molar-refractivity contribution in [3.63, 3.8) is 0 Å². The zero-order valence-electron chi connectivity index (χ0n) is 24.4. The minimum absolute atomic E-state index is 0.0521. The molecule has 0 N–H and O–H groups in total. The van der Waals surface area contributed by atoms with Crippen molar-refractivity contribution in [1.29, 1.82) is 0 Å². The molecule has 0 fully saturated rings. The Bertz CT molecular complexity index is 1870. The van der Waals surface area contributed by atoms with Crippen molar-refractivity contribution < 1.29 is 35.1 Å². The standard InChI is InChI=1S/C36H29F8N/c1-2-3-4-5-6-7-10-15-45(23-14-13-21-16-19-11-8-9-12-20(19)17-22(21)18-23)36-26-24(28(37)32(41)34(43)30(26)39)25-27(36)31(40)35(44)33(42)29(25)38/h8-9,11-14,16-18,36H,2-7,10,15H2,1H3. The Balaban J connectivity index is 1.55. The molecule has 5 aromatic carbocycles. The van der Waals surface area contributed by atoms with E-state index >= 15 is 17.6 Å². The van der Waals surface area contributed by atoms with Crippen molar-refractivity contribution in [2.75, 3.05) is 11.4 Å². The molecule has 0 radical (unpaired) electrons. The third-order valence-corrected chi connectivity index (χ3v) is 8.74. The number of rotatable bonds is 10. The van der Waals surface area contributed by atoms with Crippen LogP contribution < -0.4 is 4.90 Å². The minimum atomic E-state index is -2.27. The summed E-state index contributed by atoms with van der Waals surface area (Å²) in [5, 5.41) is 3.44. The van der Waals surface area contributed by atoms with Gasteiger partial charge in [0.2, 0.25) is 0 Å². The Morgan fingerprint density at radius 3 is 1.51 bits per heavy atom. The topological polar surface area (TPSA) is 3.24 Å². The van der Waals surface area contributed by atoms with E-state index in [9.17, 15) is 17.6 Å². The number of hydrogen-bond donors (Lipinski definition) is 0. The quantitative estimate of drug-likeness (QED) is 0.0490. The molecule has 0 aromatic heterocycles. The van der Waals surface area contributed by atoms with Crippen LogP contribution in [-0.4, -0.2) is 6.54 Å². The molecule has 45 heavy (non-hydrogen) atoms. The van der Waals surface area contributed by atoms with E-state index in [4.69, 9.17) is 0 Å². The van der Waals surface area contributed by atoms with Crippen LogP contribution in [0.2, 0.25) is 0 Å². The zero-order valence-corrected chi connectivity index (χ0v) is 24.4. The van der Waals surface area contributed by atoms with Crippen molar-refractivity contribution in [2.45, 2.75) is 57.9 Å². The molecular formula is C36H29F8N. The van der Waals surface area contributed by atoms with Crippen LogP contribution in [0.1, 0.15) is 69.0 Å². The fraction of sp³-hybridized carbons (Fsp3) is 0.278. The average Bonchev–Trinajstić information content (AvgIpc) is 3.40. The van der Waals surface area contributed by atoms with Gasteiger partial charge in [-0.3, -0.25) is 0 Å². The van der Waals surface area contributed by atoms with Gasteiger partial charge in [0.05, 0.1) is 6.04 Å². The summed E-state index contributed by atoms with van der Waals surface area (Å²) in [5.74, 6) is -16.7. The first-order chi connectivity index (χ1) is 21.6. The van der Waals surface area contributed by atoms with Gasteiger partial charge in [0.25, 0.3) is 0 Å². The molecule has 0 bridgehead atoms. The van der Waals surface area contributed by atoms with E-state index in [1.54, 1.807) is 18.2 Å². The first kappa shape index (κ1) is 30.9. The van der Waals surface area contributed by atoms with Gasteiger partial charge < -0.3 is 4.90 Å². The van der Waals surface area contributed by atoms with E-state index < -0.39 is 74.8 Å². The van der Waals surface area contributed by atoms with Gasteiger partial charge in [0, 0.05) is 34.5 Å². The highest BCUT2D eigenvalue weighted by molar-refractivity contribution is 5.99. The number of hydrogen-bond acceptors (Lipinski definition) is 1. The van der Waals surface area contributed by atoms with E-state index in [1.165, 1.54) is 4.90 Å². The van der Waals surface area contributed by atoms with Crippen LogP contribution >= 0.6 is 0 Å². The van der Waals surface area contributed by atoms with E-state index in [0.717, 1.165) is 53.6 Å². The van der Waals surface area contributed by atoms with Gasteiger partial charge in [0.15, 0.2) is 46.5 Å². The summed E-state index contributed by atoms with van der Waals surface area (Å²) in [6.45, 7) is 2.14. The normalized spacial score (nSPS) is 12.7. The predicted octanol–water partition coefficient (Wildman–Crippen LogP) is 11.4. The smallest absolute Gasteiger partial charge is 0.198 e. The van der Waals surface area contributed by atoms with Crippen LogP contribution in [0.15, 0.2) is 54.6 Å². The lowest BCUT2D eigenvalue weighted by Crippen LogP contribution is -2.31. The second-order valence-electron chi connectivity index (χ2n) is 11.5. The number of nitrogens with zero attached hydrogens (tertiary/aromatic N) is 1. The van der Waals surface area contributed by atoms with Gasteiger partial charge in [-0.05, 0) is 52.2 Å². The van der Waals surface area contributed by atoms with Crippen molar-refractivity contribution in [3.8, 4) is 11.1 Å². The maximum absolute atomic E-state index is 15.6. The molecule has 1 nitrogen and oxygen atoms in total. The molecule has 0 atom stereocenters. The van der Waals surface area contributed by atoms with Crippen LogP contribution in [-0.2, 0) is 0 Å². The van der Waals surface area contributed by atoms with Crippen molar-refractivity contribution in [2.24, 2.45) is 0 Å². The fourth-order valence-electron chi connectivity index (χ4n) is 6.51. The molecule has 5 aromatic rings. The third kappa shape index (κ3) is 5.20. The Morgan fingerprint density at radius 2 is 0.956 bits per heavy atom. The van der Waals surface area contributed by atoms with Gasteiger partial charge in [-0.15, -0.1) is 0 Å². The Morgan fingerprint density at radius 1 is 0.489 bits per heavy atom. The molecule has 0 unspecified atom stereocenters. The van der Waals surface area contributed by atoms with Crippen LogP contribution in [0.5, 0.6) is 0 Å². The molecule has 1 aliphatic rings. The Kier molecular flexibility index (Phi) is 8.46. The average molecular weight is 628 g/mol. The maximum atomic E-state index is 15.6. The number of benzene rings is 5. The number of unbranched alkanes of at least 4 members (excludes halogenated alkanes) is 6. The second-order valence-corrected chi connectivity index (χ2v) is 11.5. The highest BCUT2D eigenvalue weighted by Crippen LogP contribution is 2.53. The summed E-state index contributed by atoms with van der Waals surface area (Å²) < 4.78 is 120. The molecular weight excluding hydrogens is 598 g/mol. The second kappa shape index (κ2) is 12.3. The molecule has 0 aliphatic heterocycles. The first-order valence-corrected chi connectivity index (χ1v) is 15.1. The van der Waals surface area contributed by atoms with E-state index in [-0.39, 0.29) is 6.54 Å². The lowest BCUT2D eigenvalue weighted by molar-refractivity contribution is 0.402. The molecule has 0 saturated heterocycles. The predicted molar refractivity (Wildman–Crippen MR) is 160 cm³/mol. The molecule has 234 valence electrons. The van der Waals surface area contributed by atoms with Crippen molar-refractivity contribution in [1.82, 2.24) is 0 Å². The highest BCUT2D eigenvalue weighted by atomic mass is 19.2. The third-order valence-electron chi connectivity index (χ3n) is 8.74. The summed E-state index contributed by atoms with van der Waals surface area (Å²) in [4.78, 5) is 1.41. The molecule has 0 heterocycles. The van der Waals surface area contributed by atoms with Crippen LogP contribution in [0.25, 0.3) is 32.7 Å². The highest BCUT2D eigenvalue weighted by Gasteiger charge is 2.46. The van der Waals surface area contributed by atoms with Crippen molar-refractivity contribution in [3.05, 3.63) is 112 Å². The lowest BCUT2D eigenvalue weighted by atomic mass is 9.98. The summed E-state index contributed by atoms with van der Waals surface area (Å²) >= 11 is 0. The summed E-state index contributed by atoms with van der Waals surface area (Å²) in [7, 11) is 0. The zero-order chi connectivity index (χ0) is 32.0. The fourth-order valence-corrected chi connectivity index (χ4v) is 6.51. The van der Waals surface area contributed by atoms with Gasteiger partial charge in [-0.1, -0.05) is 75.8 Å². The van der Waals surface area contributed by atoms with Gasteiger partial charge >= 0.3 is 0 Å². The number of anilines is 1. The van der Waals surface area contributed by atoms with Gasteiger partial charge in [-0.25, -0.2) is 35.1 Å². The van der Waals surface area contributed by atoms with Crippen LogP contribution in [0.3, 0.4) is 0 Å². The monoisotopic (exact) mass is 627 g/mol. The first-order valence-electron chi connectivity index (χ1n) is 15.1. The van der Waals surface area contributed by atoms with Crippen LogP contribution in [0.4, 0.5) is 40.8 Å². The molecule has 9 heteroatoms. The summed E-state index contributed by atoms with van der Waals surface area (Å²) in [6.07, 6.45) is 6.12. The largest absolute Gasteiger partial charge is 0.360 e.